The molecule has 1 aromatic carbocycles. The number of hydrogen-bond donors (Lipinski definition) is 2. The summed E-state index contributed by atoms with van der Waals surface area (Å²) in [4.78, 5) is 0. The summed E-state index contributed by atoms with van der Waals surface area (Å²) in [6.07, 6.45) is 0. The molecule has 0 aromatic heterocycles. The fourth-order valence-corrected chi connectivity index (χ4v) is 1.26. The molecule has 2 nitrogen and oxygen atoms in total. The van der Waals surface area contributed by atoms with Crippen molar-refractivity contribution in [3.05, 3.63) is 35.6 Å². The fourth-order valence-electron chi connectivity index (χ4n) is 1.26. The van der Waals surface area contributed by atoms with Gasteiger partial charge in [-0.2, -0.15) is 0 Å². The molecule has 1 unspecified atom stereocenters. The molecule has 2 N–H and O–H groups in total. The zero-order chi connectivity index (χ0) is 9.90. The van der Waals surface area contributed by atoms with E-state index in [4.69, 9.17) is 0 Å². The van der Waals surface area contributed by atoms with Crippen LogP contribution in [0.5, 0.6) is 0 Å². The number of halogens is 1. The molecular formula is C10H14FNO. The minimum Gasteiger partial charge on any atom is -0.384 e. The largest absolute Gasteiger partial charge is 0.384 e. The van der Waals surface area contributed by atoms with Gasteiger partial charge in [0.1, 0.15) is 5.82 Å². The highest BCUT2D eigenvalue weighted by molar-refractivity contribution is 5.22. The molecule has 3 heteroatoms. The molecular weight excluding hydrogens is 169 g/mol. The lowest BCUT2D eigenvalue weighted by molar-refractivity contribution is 0.0591. The van der Waals surface area contributed by atoms with E-state index in [1.165, 1.54) is 12.1 Å². The number of aliphatic hydroxyl groups is 1. The van der Waals surface area contributed by atoms with E-state index < -0.39 is 5.60 Å². The van der Waals surface area contributed by atoms with Crippen LogP contribution in [0.25, 0.3) is 0 Å². The van der Waals surface area contributed by atoms with Crippen molar-refractivity contribution in [1.29, 1.82) is 0 Å². The average Bonchev–Trinajstić information content (AvgIpc) is 2.05. The van der Waals surface area contributed by atoms with Crippen LogP contribution >= 0.6 is 0 Å². The molecule has 0 aliphatic rings. The van der Waals surface area contributed by atoms with Crippen LogP contribution in [0.2, 0.25) is 0 Å². The lowest BCUT2D eigenvalue weighted by Gasteiger charge is -2.23. The molecule has 1 aromatic rings. The van der Waals surface area contributed by atoms with Gasteiger partial charge in [-0.25, -0.2) is 4.39 Å². The highest BCUT2D eigenvalue weighted by Crippen LogP contribution is 2.19. The zero-order valence-electron chi connectivity index (χ0n) is 7.84. The first-order valence-electron chi connectivity index (χ1n) is 4.19. The summed E-state index contributed by atoms with van der Waals surface area (Å²) in [5, 5.41) is 12.8. The summed E-state index contributed by atoms with van der Waals surface area (Å²) in [5.41, 5.74) is -0.231. The fraction of sp³-hybridized carbons (Fsp3) is 0.400. The van der Waals surface area contributed by atoms with Gasteiger partial charge in [0.15, 0.2) is 0 Å². The monoisotopic (exact) mass is 183 g/mol. The van der Waals surface area contributed by atoms with Gasteiger partial charge in [-0.1, -0.05) is 12.1 Å². The summed E-state index contributed by atoms with van der Waals surface area (Å²) in [5.74, 6) is -0.288. The zero-order valence-corrected chi connectivity index (χ0v) is 7.84. The quantitative estimate of drug-likeness (QED) is 0.739. The predicted molar refractivity (Wildman–Crippen MR) is 49.9 cm³/mol. The summed E-state index contributed by atoms with van der Waals surface area (Å²) in [6, 6.07) is 5.87. The van der Waals surface area contributed by atoms with Gasteiger partial charge in [0.2, 0.25) is 0 Å². The minimum absolute atomic E-state index is 0.288. The number of benzene rings is 1. The van der Waals surface area contributed by atoms with Gasteiger partial charge < -0.3 is 10.4 Å². The van der Waals surface area contributed by atoms with Gasteiger partial charge >= 0.3 is 0 Å². The highest BCUT2D eigenvalue weighted by Gasteiger charge is 2.21. The van der Waals surface area contributed by atoms with Crippen LogP contribution in [-0.4, -0.2) is 18.7 Å². The molecule has 0 amide bonds. The molecule has 0 saturated carbocycles. The normalized spacial score (nSPS) is 15.4. The molecule has 1 rings (SSSR count). The van der Waals surface area contributed by atoms with E-state index in [-0.39, 0.29) is 5.82 Å². The van der Waals surface area contributed by atoms with Gasteiger partial charge in [0.25, 0.3) is 0 Å². The lowest BCUT2D eigenvalue weighted by atomic mass is 9.96. The second-order valence-electron chi connectivity index (χ2n) is 3.31. The molecule has 0 saturated heterocycles. The van der Waals surface area contributed by atoms with Crippen molar-refractivity contribution in [2.45, 2.75) is 12.5 Å². The Bertz CT molecular complexity index is 269. The second kappa shape index (κ2) is 3.85. The number of hydrogen-bond acceptors (Lipinski definition) is 2. The van der Waals surface area contributed by atoms with Crippen LogP contribution in [-0.2, 0) is 5.60 Å². The van der Waals surface area contributed by atoms with Gasteiger partial charge in [0.05, 0.1) is 5.60 Å². The van der Waals surface area contributed by atoms with Gasteiger partial charge in [-0.15, -0.1) is 0 Å². The molecule has 0 spiro atoms. The van der Waals surface area contributed by atoms with Gasteiger partial charge in [-0.05, 0) is 31.7 Å². The van der Waals surface area contributed by atoms with E-state index in [0.29, 0.717) is 12.1 Å². The van der Waals surface area contributed by atoms with Gasteiger partial charge in [0, 0.05) is 6.54 Å². The molecule has 0 bridgehead atoms. The van der Waals surface area contributed by atoms with Crippen molar-refractivity contribution in [3.63, 3.8) is 0 Å². The highest BCUT2D eigenvalue weighted by atomic mass is 19.1. The molecule has 72 valence electrons. The number of nitrogens with one attached hydrogen (secondary N) is 1. The van der Waals surface area contributed by atoms with E-state index in [1.54, 1.807) is 26.1 Å². The third kappa shape index (κ3) is 2.50. The van der Waals surface area contributed by atoms with Crippen molar-refractivity contribution in [2.75, 3.05) is 13.6 Å². The molecule has 1 atom stereocenters. The summed E-state index contributed by atoms with van der Waals surface area (Å²) in [6.45, 7) is 2.13. The first kappa shape index (κ1) is 10.2. The van der Waals surface area contributed by atoms with Crippen LogP contribution in [0.3, 0.4) is 0 Å². The van der Waals surface area contributed by atoms with Gasteiger partial charge in [-0.3, -0.25) is 0 Å². The number of rotatable bonds is 3. The average molecular weight is 183 g/mol. The van der Waals surface area contributed by atoms with E-state index in [0.717, 1.165) is 0 Å². The van der Waals surface area contributed by atoms with Crippen molar-refractivity contribution in [1.82, 2.24) is 5.32 Å². The minimum atomic E-state index is -0.942. The van der Waals surface area contributed by atoms with E-state index in [2.05, 4.69) is 5.32 Å². The second-order valence-corrected chi connectivity index (χ2v) is 3.31. The van der Waals surface area contributed by atoms with E-state index in [1.807, 2.05) is 0 Å². The molecule has 0 heterocycles. The topological polar surface area (TPSA) is 32.3 Å². The Morgan fingerprint density at radius 2 is 1.92 bits per heavy atom. The Morgan fingerprint density at radius 3 is 2.38 bits per heavy atom. The van der Waals surface area contributed by atoms with Crippen molar-refractivity contribution >= 4 is 0 Å². The lowest BCUT2D eigenvalue weighted by Crippen LogP contribution is -2.33. The van der Waals surface area contributed by atoms with E-state index in [9.17, 15) is 9.50 Å². The first-order valence-corrected chi connectivity index (χ1v) is 4.19. The third-order valence-electron chi connectivity index (χ3n) is 1.99. The van der Waals surface area contributed by atoms with Crippen LogP contribution in [0, 0.1) is 5.82 Å². The molecule has 0 aliphatic carbocycles. The Kier molecular flexibility index (Phi) is 3.01. The Labute approximate surface area is 77.4 Å². The standard InChI is InChI=1S/C10H14FNO/c1-10(13,7-12-2)8-3-5-9(11)6-4-8/h3-6,12-13H,7H2,1-2H3. The van der Waals surface area contributed by atoms with Crippen molar-refractivity contribution in [2.24, 2.45) is 0 Å². The molecule has 0 fully saturated rings. The summed E-state index contributed by atoms with van der Waals surface area (Å²) < 4.78 is 12.6. The van der Waals surface area contributed by atoms with E-state index >= 15 is 0 Å². The SMILES string of the molecule is CNCC(C)(O)c1ccc(F)cc1. The maximum Gasteiger partial charge on any atom is 0.123 e. The molecule has 13 heavy (non-hydrogen) atoms. The number of likely N-dealkylation sites (N-methyl/N-ethyl adjacent to an activating group) is 1. The molecule has 0 radical (unpaired) electrons. The van der Waals surface area contributed by atoms with Crippen LogP contribution in [0.15, 0.2) is 24.3 Å². The van der Waals surface area contributed by atoms with Crippen LogP contribution in [0.1, 0.15) is 12.5 Å². The maximum atomic E-state index is 12.6. The Morgan fingerprint density at radius 1 is 1.38 bits per heavy atom. The third-order valence-corrected chi connectivity index (χ3v) is 1.99. The van der Waals surface area contributed by atoms with Crippen molar-refractivity contribution in [3.8, 4) is 0 Å². The Hall–Kier alpha value is -0.930. The first-order chi connectivity index (χ1) is 6.06. The van der Waals surface area contributed by atoms with Crippen molar-refractivity contribution < 1.29 is 9.50 Å². The smallest absolute Gasteiger partial charge is 0.123 e. The maximum absolute atomic E-state index is 12.6. The van der Waals surface area contributed by atoms with Crippen LogP contribution in [0.4, 0.5) is 4.39 Å². The summed E-state index contributed by atoms with van der Waals surface area (Å²) in [7, 11) is 1.76. The predicted octanol–water partition coefficient (Wildman–Crippen LogP) is 1.25. The Balaban J connectivity index is 2.87. The molecule has 0 aliphatic heterocycles. The summed E-state index contributed by atoms with van der Waals surface area (Å²) >= 11 is 0. The van der Waals surface area contributed by atoms with Crippen LogP contribution < -0.4 is 5.32 Å².